The minimum Gasteiger partial charge on any atom is -0.508 e. The number of aromatic hydroxyl groups is 1. The van der Waals surface area contributed by atoms with Gasteiger partial charge in [-0.3, -0.25) is 9.59 Å². The normalized spacial score (nSPS) is 11.7. The molecule has 1 aromatic carbocycles. The van der Waals surface area contributed by atoms with Gasteiger partial charge in [0.15, 0.2) is 0 Å². The lowest BCUT2D eigenvalue weighted by molar-refractivity contribution is -0.142. The third kappa shape index (κ3) is 7.44. The minimum atomic E-state index is -1.16. The van der Waals surface area contributed by atoms with E-state index in [1.54, 1.807) is 12.1 Å². The first-order valence-electron chi connectivity index (χ1n) is 7.74. The van der Waals surface area contributed by atoms with E-state index in [1.807, 2.05) is 6.92 Å². The van der Waals surface area contributed by atoms with Gasteiger partial charge in [-0.2, -0.15) is 0 Å². The third-order valence-corrected chi connectivity index (χ3v) is 3.43. The maximum atomic E-state index is 11.8. The fraction of sp³-hybridized carbons (Fsp3) is 0.471. The molecule has 0 aliphatic heterocycles. The topological polar surface area (TPSA) is 104 Å². The predicted octanol–water partition coefficient (Wildman–Crippen LogP) is 2.04. The number of unbranched alkanes of at least 4 members (excludes halogenated alkanes) is 2. The van der Waals surface area contributed by atoms with E-state index in [2.05, 4.69) is 5.32 Å². The van der Waals surface area contributed by atoms with Crippen LogP contribution in [0.1, 0.15) is 44.6 Å². The Hall–Kier alpha value is -2.37. The van der Waals surface area contributed by atoms with Crippen molar-refractivity contribution >= 4 is 17.7 Å². The molecule has 3 N–H and O–H groups in total. The molecule has 0 bridgehead atoms. The van der Waals surface area contributed by atoms with Gasteiger partial charge < -0.3 is 15.5 Å². The number of ketones is 1. The highest BCUT2D eigenvalue weighted by atomic mass is 16.4. The molecular formula is C17H23NO5. The molecule has 0 aliphatic carbocycles. The Morgan fingerprint density at radius 3 is 2.35 bits per heavy atom. The zero-order valence-corrected chi connectivity index (χ0v) is 13.2. The van der Waals surface area contributed by atoms with E-state index in [0.717, 1.165) is 19.3 Å². The zero-order valence-electron chi connectivity index (χ0n) is 13.2. The van der Waals surface area contributed by atoms with Crippen molar-refractivity contribution in [2.24, 2.45) is 0 Å². The van der Waals surface area contributed by atoms with Crippen LogP contribution in [0.3, 0.4) is 0 Å². The molecule has 1 aromatic rings. The summed E-state index contributed by atoms with van der Waals surface area (Å²) in [5.41, 5.74) is 0.671. The molecule has 6 nitrogen and oxygen atoms in total. The van der Waals surface area contributed by atoms with E-state index < -0.39 is 17.9 Å². The van der Waals surface area contributed by atoms with Gasteiger partial charge >= 0.3 is 5.97 Å². The second-order valence-electron chi connectivity index (χ2n) is 5.50. The number of amides is 1. The van der Waals surface area contributed by atoms with Crippen LogP contribution in [-0.4, -0.2) is 33.9 Å². The van der Waals surface area contributed by atoms with Crippen LogP contribution in [0.15, 0.2) is 24.3 Å². The fourth-order valence-corrected chi connectivity index (χ4v) is 2.15. The van der Waals surface area contributed by atoms with Crippen LogP contribution in [0.5, 0.6) is 5.75 Å². The molecular weight excluding hydrogens is 298 g/mol. The average Bonchev–Trinajstić information content (AvgIpc) is 2.48. The Kier molecular flexibility index (Phi) is 7.80. The van der Waals surface area contributed by atoms with E-state index in [0.29, 0.717) is 12.0 Å². The number of carboxylic acids is 1. The molecule has 23 heavy (non-hydrogen) atoms. The Labute approximate surface area is 135 Å². The number of nitrogens with one attached hydrogen (secondary N) is 1. The van der Waals surface area contributed by atoms with Crippen LogP contribution >= 0.6 is 0 Å². The van der Waals surface area contributed by atoms with Crippen molar-refractivity contribution < 1.29 is 24.6 Å². The maximum Gasteiger partial charge on any atom is 0.326 e. The zero-order chi connectivity index (χ0) is 17.2. The summed E-state index contributed by atoms with van der Waals surface area (Å²) in [4.78, 5) is 34.7. The summed E-state index contributed by atoms with van der Waals surface area (Å²) >= 11 is 0. The number of hydrogen-bond acceptors (Lipinski definition) is 4. The monoisotopic (exact) mass is 321 g/mol. The van der Waals surface area contributed by atoms with Crippen LogP contribution in [0.25, 0.3) is 0 Å². The molecule has 0 radical (unpaired) electrons. The first-order valence-corrected chi connectivity index (χ1v) is 7.74. The highest BCUT2D eigenvalue weighted by molar-refractivity contribution is 5.99. The second kappa shape index (κ2) is 9.61. The molecule has 0 unspecified atom stereocenters. The summed E-state index contributed by atoms with van der Waals surface area (Å²) in [6, 6.07) is 4.98. The number of benzene rings is 1. The van der Waals surface area contributed by atoms with Crippen LogP contribution < -0.4 is 5.32 Å². The molecule has 0 aromatic heterocycles. The number of rotatable bonds is 10. The van der Waals surface area contributed by atoms with Crippen molar-refractivity contribution in [1.82, 2.24) is 5.32 Å². The van der Waals surface area contributed by atoms with E-state index >= 15 is 0 Å². The van der Waals surface area contributed by atoms with Gasteiger partial charge in [0.25, 0.3) is 0 Å². The SMILES string of the molecule is CCCCCC(=O)CC(=O)N[C@H](Cc1ccc(O)cc1)C(=O)O. The van der Waals surface area contributed by atoms with Gasteiger partial charge in [0.1, 0.15) is 17.6 Å². The quantitative estimate of drug-likeness (QED) is 0.452. The maximum absolute atomic E-state index is 11.8. The Morgan fingerprint density at radius 2 is 1.78 bits per heavy atom. The largest absolute Gasteiger partial charge is 0.508 e. The van der Waals surface area contributed by atoms with E-state index in [1.165, 1.54) is 12.1 Å². The van der Waals surface area contributed by atoms with Gasteiger partial charge in [-0.05, 0) is 24.1 Å². The highest BCUT2D eigenvalue weighted by Crippen LogP contribution is 2.11. The molecule has 0 aliphatic rings. The first-order chi connectivity index (χ1) is 10.9. The predicted molar refractivity (Wildman–Crippen MR) is 85.1 cm³/mol. The molecule has 126 valence electrons. The van der Waals surface area contributed by atoms with Crippen LogP contribution in [0.4, 0.5) is 0 Å². The molecule has 6 heteroatoms. The Bertz CT molecular complexity index is 538. The van der Waals surface area contributed by atoms with Gasteiger partial charge in [0.05, 0.1) is 6.42 Å². The van der Waals surface area contributed by atoms with Gasteiger partial charge in [-0.15, -0.1) is 0 Å². The lowest BCUT2D eigenvalue weighted by atomic mass is 10.0. The molecule has 0 saturated carbocycles. The van der Waals surface area contributed by atoms with E-state index in [4.69, 9.17) is 0 Å². The van der Waals surface area contributed by atoms with Gasteiger partial charge in [0.2, 0.25) is 5.91 Å². The van der Waals surface area contributed by atoms with Crippen LogP contribution in [-0.2, 0) is 20.8 Å². The van der Waals surface area contributed by atoms with Crippen molar-refractivity contribution in [3.8, 4) is 5.75 Å². The van der Waals surface area contributed by atoms with Crippen molar-refractivity contribution in [3.63, 3.8) is 0 Å². The Morgan fingerprint density at radius 1 is 1.13 bits per heavy atom. The molecule has 0 saturated heterocycles. The lowest BCUT2D eigenvalue weighted by Gasteiger charge is -2.14. The van der Waals surface area contributed by atoms with Crippen LogP contribution in [0.2, 0.25) is 0 Å². The number of phenolic OH excluding ortho intramolecular Hbond substituents is 1. The van der Waals surface area contributed by atoms with Crippen molar-refractivity contribution in [2.45, 2.75) is 51.5 Å². The third-order valence-electron chi connectivity index (χ3n) is 3.43. The number of Topliss-reactive ketones (excluding diaryl/α,β-unsaturated/α-hetero) is 1. The number of aliphatic carboxylic acids is 1. The highest BCUT2D eigenvalue weighted by Gasteiger charge is 2.21. The minimum absolute atomic E-state index is 0.0855. The van der Waals surface area contributed by atoms with Gasteiger partial charge in [-0.1, -0.05) is 31.9 Å². The summed E-state index contributed by atoms with van der Waals surface area (Å²) in [6.07, 6.45) is 2.82. The smallest absolute Gasteiger partial charge is 0.326 e. The average molecular weight is 321 g/mol. The summed E-state index contributed by atoms with van der Waals surface area (Å²) in [7, 11) is 0. The molecule has 0 fully saturated rings. The number of hydrogen-bond donors (Lipinski definition) is 3. The summed E-state index contributed by atoms with van der Waals surface area (Å²) in [5, 5.41) is 20.8. The van der Waals surface area contributed by atoms with Crippen molar-refractivity contribution in [2.75, 3.05) is 0 Å². The first kappa shape index (κ1) is 18.7. The fourth-order valence-electron chi connectivity index (χ4n) is 2.15. The van der Waals surface area contributed by atoms with Crippen LogP contribution in [0, 0.1) is 0 Å². The van der Waals surface area contributed by atoms with Crippen molar-refractivity contribution in [3.05, 3.63) is 29.8 Å². The number of phenols is 1. The number of carbonyl (C=O) groups is 3. The molecule has 0 spiro atoms. The van der Waals surface area contributed by atoms with E-state index in [-0.39, 0.29) is 24.4 Å². The van der Waals surface area contributed by atoms with Gasteiger partial charge in [-0.25, -0.2) is 4.79 Å². The molecule has 1 amide bonds. The summed E-state index contributed by atoms with van der Waals surface area (Å²) < 4.78 is 0. The molecule has 1 rings (SSSR count). The number of carbonyl (C=O) groups excluding carboxylic acids is 2. The number of carboxylic acid groups (broad SMARTS) is 1. The lowest BCUT2D eigenvalue weighted by Crippen LogP contribution is -2.42. The Balaban J connectivity index is 2.51. The molecule has 1 atom stereocenters. The van der Waals surface area contributed by atoms with Crippen molar-refractivity contribution in [1.29, 1.82) is 0 Å². The molecule has 0 heterocycles. The van der Waals surface area contributed by atoms with E-state index in [9.17, 15) is 24.6 Å². The second-order valence-corrected chi connectivity index (χ2v) is 5.50. The van der Waals surface area contributed by atoms with Gasteiger partial charge in [0, 0.05) is 12.8 Å². The standard InChI is InChI=1S/C17H23NO5/c1-2-3-4-5-14(20)11-16(21)18-15(17(22)23)10-12-6-8-13(19)9-7-12/h6-9,15,19H,2-5,10-11H2,1H3,(H,18,21)(H,22,23)/t15-/m1/s1. The summed E-state index contributed by atoms with van der Waals surface area (Å²) in [5.74, 6) is -1.82. The summed E-state index contributed by atoms with van der Waals surface area (Å²) in [6.45, 7) is 2.03.